The van der Waals surface area contributed by atoms with Gasteiger partial charge < -0.3 is 10.1 Å². The third-order valence-electron chi connectivity index (χ3n) is 3.92. The molecule has 0 fully saturated rings. The zero-order chi connectivity index (χ0) is 17.7. The quantitative estimate of drug-likeness (QED) is 0.728. The summed E-state index contributed by atoms with van der Waals surface area (Å²) in [6.45, 7) is 8.24. The molecule has 0 aromatic heterocycles. The summed E-state index contributed by atoms with van der Waals surface area (Å²) in [4.78, 5) is 13.7. The Kier molecular flexibility index (Phi) is 6.32. The monoisotopic (exact) mass is 343 g/mol. The molecule has 0 radical (unpaired) electrons. The van der Waals surface area contributed by atoms with Crippen molar-refractivity contribution in [1.29, 1.82) is 0 Å². The zero-order valence-corrected chi connectivity index (χ0v) is 15.7. The number of carbonyl (C=O) groups is 1. The van der Waals surface area contributed by atoms with Gasteiger partial charge in [-0.25, -0.2) is 0 Å². The van der Waals surface area contributed by atoms with E-state index in [2.05, 4.69) is 25.2 Å². The van der Waals surface area contributed by atoms with Crippen molar-refractivity contribution in [1.82, 2.24) is 0 Å². The van der Waals surface area contributed by atoms with Gasteiger partial charge in [-0.15, -0.1) is 11.8 Å². The van der Waals surface area contributed by atoms with E-state index in [1.165, 1.54) is 5.56 Å². The molecule has 0 unspecified atom stereocenters. The number of carbonyl (C=O) groups excluding carboxylic acids is 1. The molecular formula is C20H25NO2S. The summed E-state index contributed by atoms with van der Waals surface area (Å²) in [6.07, 6.45) is 0. The molecule has 2 rings (SSSR count). The Labute approximate surface area is 148 Å². The number of benzene rings is 2. The smallest absolute Gasteiger partial charge is 0.237 e. The molecular weight excluding hydrogens is 318 g/mol. The van der Waals surface area contributed by atoms with Crippen LogP contribution in [-0.4, -0.2) is 18.3 Å². The number of hydrogen-bond donors (Lipinski definition) is 1. The van der Waals surface area contributed by atoms with Gasteiger partial charge in [-0.05, 0) is 55.2 Å². The van der Waals surface area contributed by atoms with Gasteiger partial charge in [0, 0.05) is 10.6 Å². The van der Waals surface area contributed by atoms with E-state index in [0.29, 0.717) is 5.92 Å². The predicted molar refractivity (Wildman–Crippen MR) is 102 cm³/mol. The number of anilines is 1. The lowest BCUT2D eigenvalue weighted by Gasteiger charge is -2.18. The highest BCUT2D eigenvalue weighted by Crippen LogP contribution is 2.30. The van der Waals surface area contributed by atoms with E-state index >= 15 is 0 Å². The maximum atomic E-state index is 12.6. The summed E-state index contributed by atoms with van der Waals surface area (Å²) >= 11 is 1.54. The molecule has 0 aliphatic heterocycles. The van der Waals surface area contributed by atoms with Crippen LogP contribution in [0.25, 0.3) is 0 Å². The van der Waals surface area contributed by atoms with Crippen molar-refractivity contribution in [3.63, 3.8) is 0 Å². The second kappa shape index (κ2) is 8.25. The van der Waals surface area contributed by atoms with E-state index in [9.17, 15) is 4.79 Å². The van der Waals surface area contributed by atoms with Crippen LogP contribution in [0.3, 0.4) is 0 Å². The number of thioether (sulfide) groups is 1. The molecule has 0 spiro atoms. The summed E-state index contributed by atoms with van der Waals surface area (Å²) < 4.78 is 5.16. The van der Waals surface area contributed by atoms with E-state index in [-0.39, 0.29) is 11.2 Å². The number of amides is 1. The van der Waals surface area contributed by atoms with Gasteiger partial charge >= 0.3 is 0 Å². The van der Waals surface area contributed by atoms with Crippen LogP contribution in [0.2, 0.25) is 0 Å². The van der Waals surface area contributed by atoms with Gasteiger partial charge in [0.25, 0.3) is 0 Å². The van der Waals surface area contributed by atoms with E-state index < -0.39 is 0 Å². The summed E-state index contributed by atoms with van der Waals surface area (Å²) in [6, 6.07) is 13.9. The van der Waals surface area contributed by atoms with Crippen LogP contribution in [0.5, 0.6) is 5.75 Å². The van der Waals surface area contributed by atoms with Crippen molar-refractivity contribution in [2.75, 3.05) is 12.4 Å². The average molecular weight is 343 g/mol. The first-order chi connectivity index (χ1) is 11.4. The van der Waals surface area contributed by atoms with Crippen LogP contribution < -0.4 is 10.1 Å². The van der Waals surface area contributed by atoms with Gasteiger partial charge in [0.2, 0.25) is 5.91 Å². The highest BCUT2D eigenvalue weighted by Gasteiger charge is 2.18. The third-order valence-corrected chi connectivity index (χ3v) is 5.03. The van der Waals surface area contributed by atoms with Crippen LogP contribution >= 0.6 is 11.8 Å². The number of rotatable bonds is 6. The largest absolute Gasteiger partial charge is 0.497 e. The maximum Gasteiger partial charge on any atom is 0.237 e. The Bertz CT molecular complexity index is 695. The first kappa shape index (κ1) is 18.4. The van der Waals surface area contributed by atoms with Crippen molar-refractivity contribution in [3.05, 3.63) is 53.6 Å². The molecule has 4 heteroatoms. The molecule has 0 saturated carbocycles. The number of nitrogens with one attached hydrogen (secondary N) is 1. The minimum Gasteiger partial charge on any atom is -0.497 e. The highest BCUT2D eigenvalue weighted by molar-refractivity contribution is 8.00. The van der Waals surface area contributed by atoms with Crippen molar-refractivity contribution in [3.8, 4) is 5.75 Å². The summed E-state index contributed by atoms with van der Waals surface area (Å²) in [5.74, 6) is 1.20. The third kappa shape index (κ3) is 4.54. The number of hydrogen-bond acceptors (Lipinski definition) is 3. The molecule has 0 bridgehead atoms. The van der Waals surface area contributed by atoms with Crippen molar-refractivity contribution in [2.24, 2.45) is 0 Å². The average Bonchev–Trinajstić information content (AvgIpc) is 2.57. The molecule has 0 heterocycles. The van der Waals surface area contributed by atoms with Gasteiger partial charge in [0.15, 0.2) is 0 Å². The zero-order valence-electron chi connectivity index (χ0n) is 14.9. The van der Waals surface area contributed by atoms with E-state index in [4.69, 9.17) is 4.74 Å². The van der Waals surface area contributed by atoms with Gasteiger partial charge in [-0.1, -0.05) is 32.0 Å². The molecule has 0 saturated heterocycles. The van der Waals surface area contributed by atoms with Gasteiger partial charge in [-0.3, -0.25) is 4.79 Å². The molecule has 1 N–H and O–H groups in total. The maximum absolute atomic E-state index is 12.6. The lowest BCUT2D eigenvalue weighted by molar-refractivity contribution is -0.115. The molecule has 0 aliphatic rings. The number of aryl methyl sites for hydroxylation is 1. The lowest BCUT2D eigenvalue weighted by Crippen LogP contribution is -2.23. The first-order valence-electron chi connectivity index (χ1n) is 8.13. The van der Waals surface area contributed by atoms with Crippen LogP contribution in [-0.2, 0) is 4.79 Å². The standard InChI is InChI=1S/C20H25NO2S/c1-13(2)18-8-6-7-14(3)19(18)21-20(22)15(4)24-17-11-9-16(23-5)10-12-17/h6-13,15H,1-5H3,(H,21,22)/t15-/m0/s1. The van der Waals surface area contributed by atoms with Gasteiger partial charge in [-0.2, -0.15) is 0 Å². The van der Waals surface area contributed by atoms with Crippen molar-refractivity contribution >= 4 is 23.4 Å². The fourth-order valence-corrected chi connectivity index (χ4v) is 3.35. The molecule has 1 amide bonds. The first-order valence-corrected chi connectivity index (χ1v) is 9.01. The number of ether oxygens (including phenoxy) is 1. The van der Waals surface area contributed by atoms with Gasteiger partial charge in [0.1, 0.15) is 5.75 Å². The fourth-order valence-electron chi connectivity index (χ4n) is 2.48. The lowest BCUT2D eigenvalue weighted by atomic mass is 9.98. The highest BCUT2D eigenvalue weighted by atomic mass is 32.2. The van der Waals surface area contributed by atoms with Crippen LogP contribution in [0, 0.1) is 6.92 Å². The Morgan fingerprint density at radius 1 is 1.08 bits per heavy atom. The molecule has 24 heavy (non-hydrogen) atoms. The van der Waals surface area contributed by atoms with E-state index in [1.807, 2.05) is 50.2 Å². The Morgan fingerprint density at radius 3 is 2.33 bits per heavy atom. The Hall–Kier alpha value is -1.94. The van der Waals surface area contributed by atoms with Crippen molar-refractivity contribution in [2.45, 2.75) is 43.8 Å². The minimum absolute atomic E-state index is 0.0204. The molecule has 2 aromatic rings. The minimum atomic E-state index is -0.182. The fraction of sp³-hybridized carbons (Fsp3) is 0.350. The van der Waals surface area contributed by atoms with E-state index in [1.54, 1.807) is 18.9 Å². The van der Waals surface area contributed by atoms with Crippen molar-refractivity contribution < 1.29 is 9.53 Å². The second-order valence-corrected chi connectivity index (χ2v) is 7.53. The molecule has 3 nitrogen and oxygen atoms in total. The van der Waals surface area contributed by atoms with Crippen LogP contribution in [0.1, 0.15) is 37.8 Å². The number of methoxy groups -OCH3 is 1. The van der Waals surface area contributed by atoms with Crippen LogP contribution in [0.15, 0.2) is 47.4 Å². The molecule has 128 valence electrons. The molecule has 1 atom stereocenters. The molecule has 2 aromatic carbocycles. The Balaban J connectivity index is 2.09. The summed E-state index contributed by atoms with van der Waals surface area (Å²) in [5, 5.41) is 2.94. The summed E-state index contributed by atoms with van der Waals surface area (Å²) in [7, 11) is 1.65. The predicted octanol–water partition coefficient (Wildman–Crippen LogP) is 5.25. The normalized spacial score (nSPS) is 12.1. The number of para-hydroxylation sites is 1. The second-order valence-electron chi connectivity index (χ2n) is 6.12. The SMILES string of the molecule is COc1ccc(S[C@@H](C)C(=O)Nc2c(C)cccc2C(C)C)cc1. The topological polar surface area (TPSA) is 38.3 Å². The van der Waals surface area contributed by atoms with Crippen LogP contribution in [0.4, 0.5) is 5.69 Å². The molecule has 0 aliphatic carbocycles. The van der Waals surface area contributed by atoms with E-state index in [0.717, 1.165) is 21.9 Å². The Morgan fingerprint density at radius 2 is 1.75 bits per heavy atom. The summed E-state index contributed by atoms with van der Waals surface area (Å²) in [5.41, 5.74) is 3.21. The van der Waals surface area contributed by atoms with Gasteiger partial charge in [0.05, 0.1) is 12.4 Å².